The van der Waals surface area contributed by atoms with Gasteiger partial charge in [-0.3, -0.25) is 4.99 Å². The standard InChI is InChI=1S/C4H5N3O/c1-6-3-4(2-5)7-8/h3,8H,1H3/b6-3-,7-4-. The summed E-state index contributed by atoms with van der Waals surface area (Å²) in [4.78, 5) is 3.44. The van der Waals surface area contributed by atoms with Crippen molar-refractivity contribution in [2.24, 2.45) is 10.1 Å². The first-order valence-electron chi connectivity index (χ1n) is 1.89. The van der Waals surface area contributed by atoms with Gasteiger partial charge in [-0.2, -0.15) is 5.26 Å². The van der Waals surface area contributed by atoms with Gasteiger partial charge in [0.15, 0.2) is 5.71 Å². The maximum atomic E-state index is 8.03. The van der Waals surface area contributed by atoms with Crippen molar-refractivity contribution >= 4 is 11.9 Å². The molecule has 8 heavy (non-hydrogen) atoms. The van der Waals surface area contributed by atoms with E-state index < -0.39 is 0 Å². The molecule has 0 aromatic rings. The van der Waals surface area contributed by atoms with E-state index in [0.717, 1.165) is 0 Å². The number of aliphatic imine (C=N–C) groups is 1. The van der Waals surface area contributed by atoms with Crippen LogP contribution in [-0.4, -0.2) is 24.2 Å². The summed E-state index contributed by atoms with van der Waals surface area (Å²) < 4.78 is 0. The molecule has 0 rings (SSSR count). The topological polar surface area (TPSA) is 68.7 Å². The fraction of sp³-hybridized carbons (Fsp3) is 0.250. The Hall–Kier alpha value is -1.37. The summed E-state index contributed by atoms with van der Waals surface area (Å²) in [6.07, 6.45) is 1.17. The molecule has 0 radical (unpaired) electrons. The minimum Gasteiger partial charge on any atom is -0.410 e. The van der Waals surface area contributed by atoms with Gasteiger partial charge in [0.1, 0.15) is 6.07 Å². The Balaban J connectivity index is 3.98. The van der Waals surface area contributed by atoms with Crippen molar-refractivity contribution in [2.45, 2.75) is 0 Å². The van der Waals surface area contributed by atoms with Crippen molar-refractivity contribution in [1.29, 1.82) is 5.26 Å². The molecule has 0 spiro atoms. The Morgan fingerprint density at radius 2 is 2.50 bits per heavy atom. The molecule has 0 bridgehead atoms. The third kappa shape index (κ3) is 1.92. The van der Waals surface area contributed by atoms with Gasteiger partial charge in [-0.25, -0.2) is 0 Å². The van der Waals surface area contributed by atoms with Crippen LogP contribution < -0.4 is 0 Å². The summed E-state index contributed by atoms with van der Waals surface area (Å²) in [5, 5.41) is 18.6. The van der Waals surface area contributed by atoms with Crippen molar-refractivity contribution in [3.05, 3.63) is 0 Å². The van der Waals surface area contributed by atoms with E-state index in [1.807, 2.05) is 0 Å². The van der Waals surface area contributed by atoms with Crippen molar-refractivity contribution in [1.82, 2.24) is 0 Å². The Morgan fingerprint density at radius 3 is 2.62 bits per heavy atom. The molecule has 42 valence electrons. The molecule has 4 heteroatoms. The highest BCUT2D eigenvalue weighted by molar-refractivity contribution is 6.37. The van der Waals surface area contributed by atoms with E-state index in [4.69, 9.17) is 10.5 Å². The van der Waals surface area contributed by atoms with E-state index in [1.54, 1.807) is 6.07 Å². The van der Waals surface area contributed by atoms with Crippen LogP contribution in [0.25, 0.3) is 0 Å². The Labute approximate surface area is 46.8 Å². The molecule has 0 fully saturated rings. The van der Waals surface area contributed by atoms with Crippen LogP contribution in [0.4, 0.5) is 0 Å². The fourth-order valence-corrected chi connectivity index (χ4v) is 0.199. The highest BCUT2D eigenvalue weighted by Crippen LogP contribution is 1.66. The van der Waals surface area contributed by atoms with Gasteiger partial charge in [0.05, 0.1) is 6.21 Å². The van der Waals surface area contributed by atoms with Crippen molar-refractivity contribution in [2.75, 3.05) is 7.05 Å². The van der Waals surface area contributed by atoms with Crippen molar-refractivity contribution in [3.8, 4) is 6.07 Å². The fourth-order valence-electron chi connectivity index (χ4n) is 0.199. The normalized spacial score (nSPS) is 11.8. The Bertz CT molecular complexity index is 153. The van der Waals surface area contributed by atoms with E-state index in [1.165, 1.54) is 13.3 Å². The van der Waals surface area contributed by atoms with Crippen LogP contribution in [0.3, 0.4) is 0 Å². The number of oxime groups is 1. The number of nitrogens with zero attached hydrogens (tertiary/aromatic N) is 3. The van der Waals surface area contributed by atoms with Gasteiger partial charge >= 0.3 is 0 Å². The molecule has 0 saturated heterocycles. The number of rotatable bonds is 1. The summed E-state index contributed by atoms with van der Waals surface area (Å²) in [7, 11) is 1.49. The molecule has 0 amide bonds. The molecule has 0 saturated carbocycles. The third-order valence-electron chi connectivity index (χ3n) is 0.474. The highest BCUT2D eigenvalue weighted by Gasteiger charge is 1.85. The smallest absolute Gasteiger partial charge is 0.197 e. The minimum atomic E-state index is -0.0903. The highest BCUT2D eigenvalue weighted by atomic mass is 16.4. The quantitative estimate of drug-likeness (QED) is 0.295. The first-order valence-corrected chi connectivity index (χ1v) is 1.89. The van der Waals surface area contributed by atoms with Crippen LogP contribution in [0, 0.1) is 11.3 Å². The summed E-state index contributed by atoms with van der Waals surface area (Å²) in [6, 6.07) is 1.60. The van der Waals surface area contributed by atoms with Crippen molar-refractivity contribution < 1.29 is 5.21 Å². The molecule has 0 atom stereocenters. The predicted octanol–water partition coefficient (Wildman–Crippen LogP) is 0.0408. The van der Waals surface area contributed by atoms with Crippen LogP contribution in [0.1, 0.15) is 0 Å². The summed E-state index contributed by atoms with van der Waals surface area (Å²) in [5.74, 6) is 0. The van der Waals surface area contributed by atoms with Crippen LogP contribution >= 0.6 is 0 Å². The molecular formula is C4H5N3O. The van der Waals surface area contributed by atoms with E-state index in [0.29, 0.717) is 0 Å². The van der Waals surface area contributed by atoms with Crippen molar-refractivity contribution in [3.63, 3.8) is 0 Å². The van der Waals surface area contributed by atoms with Crippen LogP contribution in [0.5, 0.6) is 0 Å². The molecule has 0 unspecified atom stereocenters. The molecule has 0 aromatic heterocycles. The Kier molecular flexibility index (Phi) is 3.16. The molecule has 0 aromatic carbocycles. The molecule has 4 nitrogen and oxygen atoms in total. The lowest BCUT2D eigenvalue weighted by Crippen LogP contribution is -1.93. The molecule has 1 N–H and O–H groups in total. The maximum absolute atomic E-state index is 8.03. The molecule has 0 aliphatic heterocycles. The zero-order valence-electron chi connectivity index (χ0n) is 4.37. The second kappa shape index (κ2) is 3.81. The van der Waals surface area contributed by atoms with Gasteiger partial charge in [0, 0.05) is 7.05 Å². The van der Waals surface area contributed by atoms with Crippen LogP contribution in [-0.2, 0) is 0 Å². The zero-order valence-corrected chi connectivity index (χ0v) is 4.37. The van der Waals surface area contributed by atoms with E-state index in [2.05, 4.69) is 10.1 Å². The Morgan fingerprint density at radius 1 is 1.88 bits per heavy atom. The zero-order chi connectivity index (χ0) is 6.41. The predicted molar refractivity (Wildman–Crippen MR) is 29.3 cm³/mol. The lowest BCUT2D eigenvalue weighted by Gasteiger charge is -1.75. The third-order valence-corrected chi connectivity index (χ3v) is 0.474. The van der Waals surface area contributed by atoms with Gasteiger partial charge in [0.25, 0.3) is 0 Å². The van der Waals surface area contributed by atoms with Gasteiger partial charge < -0.3 is 5.21 Å². The second-order valence-electron chi connectivity index (χ2n) is 0.984. The first kappa shape index (κ1) is 6.63. The van der Waals surface area contributed by atoms with Gasteiger partial charge in [-0.1, -0.05) is 5.16 Å². The average molecular weight is 111 g/mol. The number of nitriles is 1. The molecule has 0 aliphatic rings. The van der Waals surface area contributed by atoms with E-state index in [9.17, 15) is 0 Å². The summed E-state index contributed by atoms with van der Waals surface area (Å²) in [5.41, 5.74) is -0.0903. The lowest BCUT2D eigenvalue weighted by atomic mass is 10.5. The second-order valence-corrected chi connectivity index (χ2v) is 0.984. The van der Waals surface area contributed by atoms with E-state index in [-0.39, 0.29) is 5.71 Å². The average Bonchev–Trinajstić information content (AvgIpc) is 1.83. The monoisotopic (exact) mass is 111 g/mol. The molecule has 0 aliphatic carbocycles. The largest absolute Gasteiger partial charge is 0.410 e. The van der Waals surface area contributed by atoms with Crippen LogP contribution in [0.15, 0.2) is 10.1 Å². The molecular weight excluding hydrogens is 106 g/mol. The first-order chi connectivity index (χ1) is 3.85. The maximum Gasteiger partial charge on any atom is 0.197 e. The van der Waals surface area contributed by atoms with Gasteiger partial charge in [-0.05, 0) is 0 Å². The minimum absolute atomic E-state index is 0.0903. The van der Waals surface area contributed by atoms with Crippen LogP contribution in [0.2, 0.25) is 0 Å². The van der Waals surface area contributed by atoms with E-state index >= 15 is 0 Å². The number of hydrogen-bond acceptors (Lipinski definition) is 4. The summed E-state index contributed by atoms with van der Waals surface area (Å²) >= 11 is 0. The van der Waals surface area contributed by atoms with Gasteiger partial charge in [0.2, 0.25) is 0 Å². The summed E-state index contributed by atoms with van der Waals surface area (Å²) in [6.45, 7) is 0. The SMILES string of the molecule is C/N=C\C(C#N)=N/O. The van der Waals surface area contributed by atoms with Gasteiger partial charge in [-0.15, -0.1) is 0 Å². The molecule has 0 heterocycles. The number of hydrogen-bond donors (Lipinski definition) is 1. The lowest BCUT2D eigenvalue weighted by molar-refractivity contribution is 0.321.